The highest BCUT2D eigenvalue weighted by molar-refractivity contribution is 6.51. The zero-order chi connectivity index (χ0) is 24.6. The van der Waals surface area contributed by atoms with Crippen molar-refractivity contribution < 1.29 is 23.8 Å². The first kappa shape index (κ1) is 23.4. The number of rotatable bonds is 6. The Morgan fingerprint density at radius 1 is 1.00 bits per heavy atom. The number of amides is 1. The van der Waals surface area contributed by atoms with Gasteiger partial charge in [0, 0.05) is 11.3 Å². The average Bonchev–Trinajstić information content (AvgIpc) is 3.35. The number of carbonyl (C=O) groups is 2. The van der Waals surface area contributed by atoms with Crippen LogP contribution in [0.4, 0.5) is 5.69 Å². The highest BCUT2D eigenvalue weighted by atomic mass is 16.5. The Balaban J connectivity index is 1.81. The van der Waals surface area contributed by atoms with E-state index in [1.807, 2.05) is 26.0 Å². The van der Waals surface area contributed by atoms with Crippen molar-refractivity contribution in [3.63, 3.8) is 0 Å². The molecule has 1 atom stereocenters. The van der Waals surface area contributed by atoms with Crippen LogP contribution in [0, 0.1) is 26.7 Å². The van der Waals surface area contributed by atoms with Crippen molar-refractivity contribution in [1.29, 1.82) is 0 Å². The number of hydrogen-bond acceptors (Lipinski definition) is 5. The van der Waals surface area contributed by atoms with E-state index < -0.39 is 17.7 Å². The normalized spacial score (nSPS) is 17.6. The summed E-state index contributed by atoms with van der Waals surface area (Å²) in [6.45, 7) is 10.4. The molecule has 1 unspecified atom stereocenters. The van der Waals surface area contributed by atoms with Gasteiger partial charge in [0.05, 0.1) is 12.2 Å². The zero-order valence-electron chi connectivity index (χ0n) is 20.1. The van der Waals surface area contributed by atoms with Crippen molar-refractivity contribution >= 4 is 23.1 Å². The lowest BCUT2D eigenvalue weighted by Gasteiger charge is -2.24. The van der Waals surface area contributed by atoms with E-state index in [0.29, 0.717) is 41.0 Å². The number of anilines is 1. The Hall–Kier alpha value is -3.80. The third-order valence-corrected chi connectivity index (χ3v) is 5.95. The third-order valence-electron chi connectivity index (χ3n) is 5.95. The third kappa shape index (κ3) is 4.36. The highest BCUT2D eigenvalue weighted by Crippen LogP contribution is 2.43. The summed E-state index contributed by atoms with van der Waals surface area (Å²) >= 11 is 0. The van der Waals surface area contributed by atoms with Gasteiger partial charge in [0.15, 0.2) is 0 Å². The highest BCUT2D eigenvalue weighted by Gasteiger charge is 2.48. The van der Waals surface area contributed by atoms with Crippen molar-refractivity contribution in [3.05, 3.63) is 88.4 Å². The SMILES string of the molecule is Cc1ccc(C2/C(=C(/O)c3ccc(OCC(C)C)cc3)C(=O)C(=O)N2c2ccc(C)c(C)c2)o1. The van der Waals surface area contributed by atoms with Gasteiger partial charge in [-0.1, -0.05) is 19.9 Å². The minimum absolute atomic E-state index is 0.00609. The molecule has 4 rings (SSSR count). The molecule has 0 bridgehead atoms. The van der Waals surface area contributed by atoms with E-state index in [9.17, 15) is 14.7 Å². The van der Waals surface area contributed by atoms with E-state index in [-0.39, 0.29) is 11.3 Å². The predicted octanol–water partition coefficient (Wildman–Crippen LogP) is 5.87. The molecule has 6 nitrogen and oxygen atoms in total. The molecule has 2 aromatic carbocycles. The van der Waals surface area contributed by atoms with Crippen LogP contribution < -0.4 is 9.64 Å². The number of furan rings is 1. The Kier molecular flexibility index (Phi) is 6.33. The molecular weight excluding hydrogens is 430 g/mol. The molecule has 0 saturated carbocycles. The van der Waals surface area contributed by atoms with Crippen molar-refractivity contribution in [2.24, 2.45) is 5.92 Å². The van der Waals surface area contributed by atoms with E-state index in [1.54, 1.807) is 49.4 Å². The summed E-state index contributed by atoms with van der Waals surface area (Å²) in [5, 5.41) is 11.2. The van der Waals surface area contributed by atoms with Gasteiger partial charge in [0.25, 0.3) is 11.7 Å². The van der Waals surface area contributed by atoms with Gasteiger partial charge >= 0.3 is 0 Å². The number of Topliss-reactive ketones (excluding diaryl/α,β-unsaturated/α-hetero) is 1. The quantitative estimate of drug-likeness (QED) is 0.283. The Labute approximate surface area is 199 Å². The molecule has 0 aliphatic carbocycles. The minimum Gasteiger partial charge on any atom is -0.507 e. The summed E-state index contributed by atoms with van der Waals surface area (Å²) < 4.78 is 11.6. The first-order valence-corrected chi connectivity index (χ1v) is 11.3. The Morgan fingerprint density at radius 2 is 1.71 bits per heavy atom. The molecule has 0 radical (unpaired) electrons. The van der Waals surface area contributed by atoms with E-state index in [4.69, 9.17) is 9.15 Å². The smallest absolute Gasteiger partial charge is 0.300 e. The fourth-order valence-corrected chi connectivity index (χ4v) is 3.97. The summed E-state index contributed by atoms with van der Waals surface area (Å²) in [6, 6.07) is 15.0. The second-order valence-electron chi connectivity index (χ2n) is 9.12. The van der Waals surface area contributed by atoms with Gasteiger partial charge in [-0.05, 0) is 86.3 Å². The van der Waals surface area contributed by atoms with Crippen molar-refractivity contribution in [2.45, 2.75) is 40.7 Å². The van der Waals surface area contributed by atoms with Crippen LogP contribution in [0.5, 0.6) is 5.75 Å². The topological polar surface area (TPSA) is 80.0 Å². The maximum atomic E-state index is 13.2. The lowest BCUT2D eigenvalue weighted by atomic mass is 9.99. The number of ketones is 1. The Morgan fingerprint density at radius 3 is 2.29 bits per heavy atom. The lowest BCUT2D eigenvalue weighted by Crippen LogP contribution is -2.29. The van der Waals surface area contributed by atoms with E-state index >= 15 is 0 Å². The number of aliphatic hydroxyl groups is 1. The number of aryl methyl sites for hydroxylation is 3. The molecule has 1 aliphatic heterocycles. The molecule has 2 heterocycles. The molecule has 0 spiro atoms. The number of nitrogens with zero attached hydrogens (tertiary/aromatic N) is 1. The molecule has 1 amide bonds. The van der Waals surface area contributed by atoms with E-state index in [1.165, 1.54) is 4.90 Å². The molecule has 176 valence electrons. The number of carbonyl (C=O) groups excluding carboxylic acids is 2. The number of ether oxygens (including phenoxy) is 1. The second-order valence-corrected chi connectivity index (χ2v) is 9.12. The zero-order valence-corrected chi connectivity index (χ0v) is 20.1. The molecule has 1 aliphatic rings. The van der Waals surface area contributed by atoms with Gasteiger partial charge in [-0.15, -0.1) is 0 Å². The molecule has 1 aromatic heterocycles. The van der Waals surface area contributed by atoms with Crippen LogP contribution in [0.3, 0.4) is 0 Å². The number of hydrogen-bond donors (Lipinski definition) is 1. The summed E-state index contributed by atoms with van der Waals surface area (Å²) in [4.78, 5) is 27.8. The fraction of sp³-hybridized carbons (Fsp3) is 0.286. The van der Waals surface area contributed by atoms with Crippen molar-refractivity contribution in [2.75, 3.05) is 11.5 Å². The number of aliphatic hydroxyl groups excluding tert-OH is 1. The van der Waals surface area contributed by atoms with Crippen LogP contribution in [0.2, 0.25) is 0 Å². The molecule has 6 heteroatoms. The summed E-state index contributed by atoms with van der Waals surface area (Å²) in [6.07, 6.45) is 0. The average molecular weight is 460 g/mol. The van der Waals surface area contributed by atoms with Crippen LogP contribution in [-0.2, 0) is 9.59 Å². The van der Waals surface area contributed by atoms with Gasteiger partial charge in [-0.25, -0.2) is 0 Å². The first-order chi connectivity index (χ1) is 16.2. The van der Waals surface area contributed by atoms with Gasteiger partial charge in [0.1, 0.15) is 29.1 Å². The standard InChI is InChI=1S/C28H29NO5/c1-16(2)15-33-22-11-8-20(9-12-22)26(30)24-25(23-13-7-19(5)34-23)29(28(32)27(24)31)21-10-6-17(3)18(4)14-21/h6-14,16,25,30H,15H2,1-5H3/b26-24-. The van der Waals surface area contributed by atoms with Gasteiger partial charge < -0.3 is 14.3 Å². The van der Waals surface area contributed by atoms with Gasteiger partial charge in [0.2, 0.25) is 0 Å². The van der Waals surface area contributed by atoms with Crippen LogP contribution in [0.1, 0.15) is 48.1 Å². The summed E-state index contributed by atoms with van der Waals surface area (Å²) in [7, 11) is 0. The van der Waals surface area contributed by atoms with E-state index in [2.05, 4.69) is 13.8 Å². The molecular formula is C28H29NO5. The Bertz CT molecular complexity index is 1270. The second kappa shape index (κ2) is 9.21. The minimum atomic E-state index is -0.882. The van der Waals surface area contributed by atoms with Crippen LogP contribution in [0.15, 0.2) is 64.6 Å². The summed E-state index contributed by atoms with van der Waals surface area (Å²) in [5.74, 6) is 0.390. The first-order valence-electron chi connectivity index (χ1n) is 11.3. The molecule has 3 aromatic rings. The summed E-state index contributed by atoms with van der Waals surface area (Å²) in [5.41, 5.74) is 3.05. The largest absolute Gasteiger partial charge is 0.507 e. The van der Waals surface area contributed by atoms with Crippen molar-refractivity contribution in [1.82, 2.24) is 0 Å². The van der Waals surface area contributed by atoms with Gasteiger partial charge in [-0.2, -0.15) is 0 Å². The number of benzene rings is 2. The van der Waals surface area contributed by atoms with Crippen LogP contribution in [0.25, 0.3) is 5.76 Å². The van der Waals surface area contributed by atoms with Crippen LogP contribution >= 0.6 is 0 Å². The van der Waals surface area contributed by atoms with Crippen molar-refractivity contribution in [3.8, 4) is 5.75 Å². The van der Waals surface area contributed by atoms with E-state index in [0.717, 1.165) is 11.1 Å². The maximum absolute atomic E-state index is 13.2. The molecule has 1 fully saturated rings. The van der Waals surface area contributed by atoms with Gasteiger partial charge in [-0.3, -0.25) is 14.5 Å². The predicted molar refractivity (Wildman–Crippen MR) is 131 cm³/mol. The fourth-order valence-electron chi connectivity index (χ4n) is 3.97. The molecule has 1 N–H and O–H groups in total. The maximum Gasteiger partial charge on any atom is 0.300 e. The molecule has 1 saturated heterocycles. The lowest BCUT2D eigenvalue weighted by molar-refractivity contribution is -0.132. The van der Waals surface area contributed by atoms with Crippen LogP contribution in [-0.4, -0.2) is 23.4 Å². The molecule has 34 heavy (non-hydrogen) atoms. The monoisotopic (exact) mass is 459 g/mol.